The normalized spacial score (nSPS) is 10.2. The van der Waals surface area contributed by atoms with Gasteiger partial charge in [0.25, 0.3) is 0 Å². The van der Waals surface area contributed by atoms with Crippen LogP contribution < -0.4 is 11.1 Å². The molecule has 5 heteroatoms. The number of carbonyl (C=O) groups excluding carboxylic acids is 1. The molecule has 0 aliphatic carbocycles. The van der Waals surface area contributed by atoms with Crippen LogP contribution in [-0.2, 0) is 11.2 Å². The van der Waals surface area contributed by atoms with Crippen molar-refractivity contribution in [3.63, 3.8) is 0 Å². The molecule has 1 aromatic heterocycles. The van der Waals surface area contributed by atoms with Gasteiger partial charge in [-0.15, -0.1) is 0 Å². The van der Waals surface area contributed by atoms with E-state index in [1.54, 1.807) is 18.3 Å². The number of carbonyl (C=O) groups is 1. The number of nitrogens with two attached hydrogens (primary N) is 1. The topological polar surface area (TPSA) is 68.0 Å². The van der Waals surface area contributed by atoms with E-state index in [1.165, 1.54) is 0 Å². The van der Waals surface area contributed by atoms with Gasteiger partial charge in [-0.1, -0.05) is 28.1 Å². The van der Waals surface area contributed by atoms with Crippen molar-refractivity contribution >= 4 is 33.3 Å². The van der Waals surface area contributed by atoms with Crippen molar-refractivity contribution in [1.82, 2.24) is 4.98 Å². The van der Waals surface area contributed by atoms with Crippen molar-refractivity contribution in [3.05, 3.63) is 52.6 Å². The fourth-order valence-electron chi connectivity index (χ4n) is 1.65. The number of pyridine rings is 1. The van der Waals surface area contributed by atoms with Gasteiger partial charge in [-0.05, 0) is 36.2 Å². The van der Waals surface area contributed by atoms with Crippen molar-refractivity contribution < 1.29 is 4.79 Å². The molecule has 0 bridgehead atoms. The zero-order valence-corrected chi connectivity index (χ0v) is 11.9. The summed E-state index contributed by atoms with van der Waals surface area (Å²) in [7, 11) is 0. The van der Waals surface area contributed by atoms with Crippen LogP contribution in [0.5, 0.6) is 0 Å². The van der Waals surface area contributed by atoms with Crippen LogP contribution in [0.15, 0.2) is 47.1 Å². The highest BCUT2D eigenvalue weighted by atomic mass is 79.9. The van der Waals surface area contributed by atoms with Crippen LogP contribution in [0.4, 0.5) is 11.5 Å². The molecule has 2 rings (SSSR count). The van der Waals surface area contributed by atoms with Crippen molar-refractivity contribution in [3.8, 4) is 0 Å². The van der Waals surface area contributed by atoms with Crippen molar-refractivity contribution in [1.29, 1.82) is 0 Å². The Morgan fingerprint density at radius 3 is 2.84 bits per heavy atom. The third-order valence-electron chi connectivity index (χ3n) is 2.60. The first kappa shape index (κ1) is 13.5. The highest BCUT2D eigenvalue weighted by Crippen LogP contribution is 2.13. The quantitative estimate of drug-likeness (QED) is 0.910. The van der Waals surface area contributed by atoms with Gasteiger partial charge in [0.05, 0.1) is 11.9 Å². The first-order valence-electron chi connectivity index (χ1n) is 5.89. The number of aryl methyl sites for hydroxylation is 1. The number of benzene rings is 1. The molecule has 0 saturated carbocycles. The fraction of sp³-hybridized carbons (Fsp3) is 0.143. The number of nitrogen functional groups attached to an aromatic ring is 1. The summed E-state index contributed by atoms with van der Waals surface area (Å²) in [5.41, 5.74) is 7.26. The van der Waals surface area contributed by atoms with Gasteiger partial charge >= 0.3 is 0 Å². The largest absolute Gasteiger partial charge is 0.384 e. The van der Waals surface area contributed by atoms with Gasteiger partial charge in [-0.25, -0.2) is 4.98 Å². The van der Waals surface area contributed by atoms with E-state index in [9.17, 15) is 4.79 Å². The van der Waals surface area contributed by atoms with Gasteiger partial charge in [0.1, 0.15) is 5.82 Å². The minimum absolute atomic E-state index is 0.0356. The lowest BCUT2D eigenvalue weighted by Crippen LogP contribution is -2.12. The molecule has 0 fully saturated rings. The van der Waals surface area contributed by atoms with E-state index in [0.717, 1.165) is 10.0 Å². The van der Waals surface area contributed by atoms with Crippen LogP contribution in [0.3, 0.4) is 0 Å². The molecular weight excluding hydrogens is 306 g/mol. The second-order valence-corrected chi connectivity index (χ2v) is 5.07. The maximum Gasteiger partial charge on any atom is 0.224 e. The fourth-order valence-corrected chi connectivity index (χ4v) is 2.10. The summed E-state index contributed by atoms with van der Waals surface area (Å²) < 4.78 is 1.02. The monoisotopic (exact) mass is 319 g/mol. The van der Waals surface area contributed by atoms with Gasteiger partial charge < -0.3 is 11.1 Å². The SMILES string of the molecule is Nc1ccc(NC(=O)CCc2cccc(Br)c2)cn1. The molecule has 19 heavy (non-hydrogen) atoms. The van der Waals surface area contributed by atoms with E-state index in [4.69, 9.17) is 5.73 Å². The predicted octanol–water partition coefficient (Wildman–Crippen LogP) is 3.00. The molecule has 98 valence electrons. The summed E-state index contributed by atoms with van der Waals surface area (Å²) in [6.07, 6.45) is 2.68. The van der Waals surface area contributed by atoms with Crippen LogP contribution >= 0.6 is 15.9 Å². The lowest BCUT2D eigenvalue weighted by atomic mass is 10.1. The van der Waals surface area contributed by atoms with Gasteiger partial charge in [0, 0.05) is 10.9 Å². The molecule has 0 aliphatic rings. The van der Waals surface area contributed by atoms with Gasteiger partial charge in [0.2, 0.25) is 5.91 Å². The maximum atomic E-state index is 11.8. The minimum atomic E-state index is -0.0356. The van der Waals surface area contributed by atoms with E-state index in [-0.39, 0.29) is 5.91 Å². The summed E-state index contributed by atoms with van der Waals surface area (Å²) in [5.74, 6) is 0.402. The second kappa shape index (κ2) is 6.33. The molecule has 0 atom stereocenters. The number of rotatable bonds is 4. The average Bonchev–Trinajstić information content (AvgIpc) is 2.39. The van der Waals surface area contributed by atoms with Crippen LogP contribution in [0, 0.1) is 0 Å². The molecule has 3 N–H and O–H groups in total. The molecule has 1 amide bonds. The lowest BCUT2D eigenvalue weighted by molar-refractivity contribution is -0.116. The minimum Gasteiger partial charge on any atom is -0.384 e. The zero-order valence-electron chi connectivity index (χ0n) is 10.3. The third kappa shape index (κ3) is 4.37. The summed E-state index contributed by atoms with van der Waals surface area (Å²) >= 11 is 3.41. The summed E-state index contributed by atoms with van der Waals surface area (Å²) in [6, 6.07) is 11.3. The molecule has 4 nitrogen and oxygen atoms in total. The highest BCUT2D eigenvalue weighted by Gasteiger charge is 2.03. The third-order valence-corrected chi connectivity index (χ3v) is 3.09. The average molecular weight is 320 g/mol. The summed E-state index contributed by atoms with van der Waals surface area (Å²) in [5, 5.41) is 2.79. The molecular formula is C14H14BrN3O. The number of hydrogen-bond acceptors (Lipinski definition) is 3. The van der Waals surface area contributed by atoms with E-state index in [0.29, 0.717) is 24.3 Å². The number of halogens is 1. The Labute approximate surface area is 120 Å². The second-order valence-electron chi connectivity index (χ2n) is 4.15. The Morgan fingerprint density at radius 2 is 2.16 bits per heavy atom. The molecule has 0 unspecified atom stereocenters. The number of amides is 1. The first-order chi connectivity index (χ1) is 9.13. The molecule has 0 aliphatic heterocycles. The summed E-state index contributed by atoms with van der Waals surface area (Å²) in [4.78, 5) is 15.7. The molecule has 1 heterocycles. The number of anilines is 2. The van der Waals surface area contributed by atoms with E-state index < -0.39 is 0 Å². The van der Waals surface area contributed by atoms with E-state index in [1.807, 2.05) is 24.3 Å². The number of nitrogens with one attached hydrogen (secondary N) is 1. The van der Waals surface area contributed by atoms with Gasteiger partial charge in [0.15, 0.2) is 0 Å². The van der Waals surface area contributed by atoms with Crippen LogP contribution in [0.25, 0.3) is 0 Å². The molecule has 0 saturated heterocycles. The van der Waals surface area contributed by atoms with Gasteiger partial charge in [-0.3, -0.25) is 4.79 Å². The van der Waals surface area contributed by atoms with Crippen molar-refractivity contribution in [2.75, 3.05) is 11.1 Å². The molecule has 2 aromatic rings. The Morgan fingerprint density at radius 1 is 1.32 bits per heavy atom. The zero-order chi connectivity index (χ0) is 13.7. The van der Waals surface area contributed by atoms with Crippen LogP contribution in [0.1, 0.15) is 12.0 Å². The van der Waals surface area contributed by atoms with E-state index >= 15 is 0 Å². The standard InChI is InChI=1S/C14H14BrN3O/c15-11-3-1-2-10(8-11)4-7-14(19)18-12-5-6-13(16)17-9-12/h1-3,5-6,8-9H,4,7H2,(H2,16,17)(H,18,19). The first-order valence-corrected chi connectivity index (χ1v) is 6.68. The van der Waals surface area contributed by atoms with E-state index in [2.05, 4.69) is 26.2 Å². The van der Waals surface area contributed by atoms with Crippen LogP contribution in [0.2, 0.25) is 0 Å². The summed E-state index contributed by atoms with van der Waals surface area (Å²) in [6.45, 7) is 0. The number of hydrogen-bond donors (Lipinski definition) is 2. The Hall–Kier alpha value is -1.88. The Balaban J connectivity index is 1.86. The lowest BCUT2D eigenvalue weighted by Gasteiger charge is -2.05. The number of aromatic nitrogens is 1. The Bertz CT molecular complexity index is 569. The van der Waals surface area contributed by atoms with Crippen molar-refractivity contribution in [2.24, 2.45) is 0 Å². The smallest absolute Gasteiger partial charge is 0.224 e. The van der Waals surface area contributed by atoms with Crippen LogP contribution in [-0.4, -0.2) is 10.9 Å². The van der Waals surface area contributed by atoms with Gasteiger partial charge in [-0.2, -0.15) is 0 Å². The molecule has 1 aromatic carbocycles. The number of nitrogens with zero attached hydrogens (tertiary/aromatic N) is 1. The highest BCUT2D eigenvalue weighted by molar-refractivity contribution is 9.10. The predicted molar refractivity (Wildman–Crippen MR) is 79.7 cm³/mol. The van der Waals surface area contributed by atoms with Crippen molar-refractivity contribution in [2.45, 2.75) is 12.8 Å². The molecule has 0 spiro atoms. The Kier molecular flexibility index (Phi) is 4.52. The molecule has 0 radical (unpaired) electrons. The maximum absolute atomic E-state index is 11.8.